The number of rotatable bonds is 6. The van der Waals surface area contributed by atoms with Gasteiger partial charge in [0, 0.05) is 30.0 Å². The van der Waals surface area contributed by atoms with Crippen LogP contribution in [-0.2, 0) is 11.3 Å². The normalized spacial score (nSPS) is 12.3. The monoisotopic (exact) mass is 366 g/mol. The van der Waals surface area contributed by atoms with Crippen molar-refractivity contribution in [3.8, 4) is 0 Å². The lowest BCUT2D eigenvalue weighted by atomic mass is 10.2. The Hall–Kier alpha value is -1.73. The van der Waals surface area contributed by atoms with Gasteiger partial charge in [0.25, 0.3) is 5.56 Å². The van der Waals surface area contributed by atoms with Crippen LogP contribution in [0.1, 0.15) is 19.8 Å². The number of nitrogens with one attached hydrogen (secondary N) is 1. The molecular formula is C15H19BrN4O2. The van der Waals surface area contributed by atoms with Crippen LogP contribution in [0.15, 0.2) is 33.8 Å². The highest BCUT2D eigenvalue weighted by Crippen LogP contribution is 2.14. The van der Waals surface area contributed by atoms with Crippen LogP contribution in [-0.4, -0.2) is 28.0 Å². The van der Waals surface area contributed by atoms with Gasteiger partial charge in [-0.15, -0.1) is 0 Å². The van der Waals surface area contributed by atoms with Crippen LogP contribution in [0.25, 0.3) is 10.9 Å². The molecule has 0 fully saturated rings. The molecule has 1 heterocycles. The van der Waals surface area contributed by atoms with E-state index in [4.69, 9.17) is 5.73 Å². The predicted octanol–water partition coefficient (Wildman–Crippen LogP) is 1.40. The molecule has 3 N–H and O–H groups in total. The zero-order chi connectivity index (χ0) is 16.1. The highest BCUT2D eigenvalue weighted by Gasteiger charge is 2.07. The largest absolute Gasteiger partial charge is 0.356 e. The first-order valence-corrected chi connectivity index (χ1v) is 7.93. The zero-order valence-corrected chi connectivity index (χ0v) is 14.0. The molecule has 0 aliphatic heterocycles. The molecule has 6 nitrogen and oxygen atoms in total. The van der Waals surface area contributed by atoms with Crippen LogP contribution in [0.5, 0.6) is 0 Å². The van der Waals surface area contributed by atoms with Crippen molar-refractivity contribution in [2.45, 2.75) is 32.4 Å². The lowest BCUT2D eigenvalue weighted by molar-refractivity contribution is -0.121. The van der Waals surface area contributed by atoms with Gasteiger partial charge in [0.05, 0.1) is 17.2 Å². The highest BCUT2D eigenvalue weighted by molar-refractivity contribution is 9.10. The van der Waals surface area contributed by atoms with Crippen molar-refractivity contribution in [3.63, 3.8) is 0 Å². The number of benzene rings is 1. The summed E-state index contributed by atoms with van der Waals surface area (Å²) in [4.78, 5) is 28.3. The van der Waals surface area contributed by atoms with Crippen LogP contribution < -0.4 is 16.6 Å². The third kappa shape index (κ3) is 4.38. The van der Waals surface area contributed by atoms with E-state index in [0.717, 1.165) is 10.9 Å². The summed E-state index contributed by atoms with van der Waals surface area (Å²) in [5.41, 5.74) is 6.12. The number of fused-ring (bicyclic) bond motifs is 1. The fourth-order valence-electron chi connectivity index (χ4n) is 2.04. The fraction of sp³-hybridized carbons (Fsp3) is 0.400. The SMILES string of the molecule is CC(N)CCNC(=O)CCn1cnc2ccc(Br)cc2c1=O. The van der Waals surface area contributed by atoms with Crippen LogP contribution >= 0.6 is 15.9 Å². The Morgan fingerprint density at radius 3 is 3.00 bits per heavy atom. The van der Waals surface area contributed by atoms with Gasteiger partial charge in [-0.3, -0.25) is 14.2 Å². The van der Waals surface area contributed by atoms with E-state index >= 15 is 0 Å². The van der Waals surface area contributed by atoms with Crippen molar-refractivity contribution < 1.29 is 4.79 Å². The molecule has 0 radical (unpaired) electrons. The summed E-state index contributed by atoms with van der Waals surface area (Å²) in [5.74, 6) is -0.0955. The van der Waals surface area contributed by atoms with Gasteiger partial charge in [0.15, 0.2) is 0 Å². The Kier molecular flexibility index (Phi) is 5.68. The molecule has 2 rings (SSSR count). The predicted molar refractivity (Wildman–Crippen MR) is 89.6 cm³/mol. The van der Waals surface area contributed by atoms with Crippen LogP contribution in [0, 0.1) is 0 Å². The number of nitrogens with zero attached hydrogens (tertiary/aromatic N) is 2. The molecule has 2 aromatic rings. The molecule has 0 bridgehead atoms. The van der Waals surface area contributed by atoms with Crippen LogP contribution in [0.3, 0.4) is 0 Å². The van der Waals surface area contributed by atoms with Gasteiger partial charge in [-0.05, 0) is 31.5 Å². The van der Waals surface area contributed by atoms with E-state index in [9.17, 15) is 9.59 Å². The van der Waals surface area contributed by atoms with Gasteiger partial charge >= 0.3 is 0 Å². The maximum atomic E-state index is 12.4. The maximum Gasteiger partial charge on any atom is 0.261 e. The second-order valence-electron chi connectivity index (χ2n) is 5.27. The Balaban J connectivity index is 2.01. The molecule has 0 aliphatic carbocycles. The first-order chi connectivity index (χ1) is 10.5. The molecule has 0 saturated carbocycles. The van der Waals surface area contributed by atoms with Gasteiger partial charge in [-0.25, -0.2) is 4.98 Å². The van der Waals surface area contributed by atoms with Gasteiger partial charge in [0.1, 0.15) is 0 Å². The quantitative estimate of drug-likeness (QED) is 0.808. The molecule has 7 heteroatoms. The van der Waals surface area contributed by atoms with Crippen molar-refractivity contribution >= 4 is 32.7 Å². The van der Waals surface area contributed by atoms with E-state index < -0.39 is 0 Å². The standard InChI is InChI=1S/C15H19BrN4O2/c1-10(17)4-6-18-14(21)5-7-20-9-19-13-3-2-11(16)8-12(13)15(20)22/h2-3,8-10H,4-7,17H2,1H3,(H,18,21). The van der Waals surface area contributed by atoms with Gasteiger partial charge in [-0.1, -0.05) is 15.9 Å². The first kappa shape index (κ1) is 16.6. The number of nitrogens with two attached hydrogens (primary N) is 1. The maximum absolute atomic E-state index is 12.4. The Bertz CT molecular complexity index is 727. The van der Waals surface area contributed by atoms with Crippen LogP contribution in [0.2, 0.25) is 0 Å². The molecule has 0 spiro atoms. The van der Waals surface area contributed by atoms with E-state index in [-0.39, 0.29) is 23.9 Å². The zero-order valence-electron chi connectivity index (χ0n) is 12.4. The molecule has 1 amide bonds. The van der Waals surface area contributed by atoms with E-state index in [1.807, 2.05) is 13.0 Å². The third-order valence-corrected chi connectivity index (χ3v) is 3.78. The molecule has 0 aliphatic rings. The van der Waals surface area contributed by atoms with E-state index in [1.54, 1.807) is 12.1 Å². The molecular weight excluding hydrogens is 348 g/mol. The summed E-state index contributed by atoms with van der Waals surface area (Å²) < 4.78 is 2.28. The Labute approximate surface area is 136 Å². The van der Waals surface area contributed by atoms with E-state index in [0.29, 0.717) is 24.0 Å². The van der Waals surface area contributed by atoms with Crippen molar-refractivity contribution in [1.82, 2.24) is 14.9 Å². The highest BCUT2D eigenvalue weighted by atomic mass is 79.9. The average Bonchev–Trinajstić information content (AvgIpc) is 2.47. The second-order valence-corrected chi connectivity index (χ2v) is 6.19. The Morgan fingerprint density at radius 2 is 2.27 bits per heavy atom. The summed E-state index contributed by atoms with van der Waals surface area (Å²) >= 11 is 3.34. The summed E-state index contributed by atoms with van der Waals surface area (Å²) in [6, 6.07) is 5.42. The van der Waals surface area contributed by atoms with Crippen molar-refractivity contribution in [1.29, 1.82) is 0 Å². The smallest absolute Gasteiger partial charge is 0.261 e. The molecule has 1 aromatic carbocycles. The van der Waals surface area contributed by atoms with Crippen molar-refractivity contribution in [3.05, 3.63) is 39.4 Å². The number of carbonyl (C=O) groups excluding carboxylic acids is 1. The summed E-state index contributed by atoms with van der Waals surface area (Å²) in [7, 11) is 0. The molecule has 0 saturated heterocycles. The molecule has 22 heavy (non-hydrogen) atoms. The van der Waals surface area contributed by atoms with E-state index in [1.165, 1.54) is 10.9 Å². The number of aromatic nitrogens is 2. The topological polar surface area (TPSA) is 90.0 Å². The average molecular weight is 367 g/mol. The third-order valence-electron chi connectivity index (χ3n) is 3.29. The minimum Gasteiger partial charge on any atom is -0.356 e. The van der Waals surface area contributed by atoms with E-state index in [2.05, 4.69) is 26.2 Å². The van der Waals surface area contributed by atoms with Gasteiger partial charge < -0.3 is 11.1 Å². The molecule has 118 valence electrons. The summed E-state index contributed by atoms with van der Waals surface area (Å²) in [6.45, 7) is 2.75. The molecule has 1 aromatic heterocycles. The minimum atomic E-state index is -0.144. The summed E-state index contributed by atoms with van der Waals surface area (Å²) in [6.07, 6.45) is 2.45. The summed E-state index contributed by atoms with van der Waals surface area (Å²) in [5, 5.41) is 3.32. The second kappa shape index (κ2) is 7.51. The van der Waals surface area contributed by atoms with Gasteiger partial charge in [0.2, 0.25) is 5.91 Å². The number of hydrogen-bond acceptors (Lipinski definition) is 4. The number of carbonyl (C=O) groups is 1. The fourth-order valence-corrected chi connectivity index (χ4v) is 2.40. The van der Waals surface area contributed by atoms with Crippen molar-refractivity contribution in [2.75, 3.05) is 6.54 Å². The van der Waals surface area contributed by atoms with Gasteiger partial charge in [-0.2, -0.15) is 0 Å². The lowest BCUT2D eigenvalue weighted by Crippen LogP contribution is -2.30. The first-order valence-electron chi connectivity index (χ1n) is 7.14. The number of halogens is 1. The number of hydrogen-bond donors (Lipinski definition) is 2. The minimum absolute atomic E-state index is 0.0612. The number of amides is 1. The lowest BCUT2D eigenvalue weighted by Gasteiger charge is -2.09. The molecule has 1 unspecified atom stereocenters. The Morgan fingerprint density at radius 1 is 1.50 bits per heavy atom. The molecule has 1 atom stereocenters. The van der Waals surface area contributed by atoms with Crippen molar-refractivity contribution in [2.24, 2.45) is 5.73 Å². The number of aryl methyl sites for hydroxylation is 1. The van der Waals surface area contributed by atoms with Crippen LogP contribution in [0.4, 0.5) is 0 Å².